The molecule has 1 heterocycles. The van der Waals surface area contributed by atoms with E-state index in [1.165, 1.54) is 0 Å². The van der Waals surface area contributed by atoms with Gasteiger partial charge in [-0.15, -0.1) is 0 Å². The summed E-state index contributed by atoms with van der Waals surface area (Å²) in [6, 6.07) is 17.1. The monoisotopic (exact) mass is 352 g/mol. The van der Waals surface area contributed by atoms with Gasteiger partial charge in [0.1, 0.15) is 12.3 Å². The number of benzene rings is 2. The minimum absolute atomic E-state index is 0.0256. The number of hydrogen-bond acceptors (Lipinski definition) is 3. The van der Waals surface area contributed by atoms with Crippen LogP contribution in [0.15, 0.2) is 54.6 Å². The highest BCUT2D eigenvalue weighted by Crippen LogP contribution is 2.28. The van der Waals surface area contributed by atoms with Crippen molar-refractivity contribution in [3.63, 3.8) is 0 Å². The van der Waals surface area contributed by atoms with Crippen molar-refractivity contribution in [2.75, 3.05) is 31.6 Å². The predicted molar refractivity (Wildman–Crippen MR) is 101 cm³/mol. The number of piperazine rings is 1. The summed E-state index contributed by atoms with van der Waals surface area (Å²) >= 11 is 0. The maximum Gasteiger partial charge on any atom is 0.246 e. The summed E-state index contributed by atoms with van der Waals surface area (Å²) in [6.07, 6.45) is 0. The summed E-state index contributed by atoms with van der Waals surface area (Å²) in [4.78, 5) is 29.1. The van der Waals surface area contributed by atoms with Gasteiger partial charge in [0, 0.05) is 24.8 Å². The molecule has 1 aliphatic rings. The molecule has 136 valence electrons. The van der Waals surface area contributed by atoms with Gasteiger partial charge in [0.05, 0.1) is 12.5 Å². The Bertz CT molecular complexity index is 802. The molecule has 0 N–H and O–H groups in total. The number of amides is 2. The number of carbonyl (C=O) groups excluding carboxylic acids is 2. The van der Waals surface area contributed by atoms with E-state index in [1.54, 1.807) is 16.9 Å². The SMILES string of the molecule is COc1cccc(N2CCN(C(=O)C(C)(C)c3ccccc3)CC2=O)c1. The number of anilines is 1. The Balaban J connectivity index is 1.74. The van der Waals surface area contributed by atoms with Gasteiger partial charge in [-0.2, -0.15) is 0 Å². The second-order valence-corrected chi connectivity index (χ2v) is 6.96. The lowest BCUT2D eigenvalue weighted by Crippen LogP contribution is -2.55. The Labute approximate surface area is 154 Å². The van der Waals surface area contributed by atoms with Gasteiger partial charge < -0.3 is 14.5 Å². The molecule has 5 nitrogen and oxygen atoms in total. The molecule has 0 saturated carbocycles. The normalized spacial score (nSPS) is 15.1. The fourth-order valence-electron chi connectivity index (χ4n) is 3.27. The molecule has 0 spiro atoms. The lowest BCUT2D eigenvalue weighted by atomic mass is 9.83. The van der Waals surface area contributed by atoms with E-state index in [0.29, 0.717) is 18.8 Å². The molecule has 2 aromatic rings. The van der Waals surface area contributed by atoms with E-state index < -0.39 is 5.41 Å². The number of rotatable bonds is 4. The van der Waals surface area contributed by atoms with Crippen LogP contribution >= 0.6 is 0 Å². The van der Waals surface area contributed by atoms with Crippen molar-refractivity contribution in [3.05, 3.63) is 60.2 Å². The number of carbonyl (C=O) groups is 2. The topological polar surface area (TPSA) is 49.9 Å². The number of nitrogens with zero attached hydrogens (tertiary/aromatic N) is 2. The van der Waals surface area contributed by atoms with Crippen molar-refractivity contribution in [1.82, 2.24) is 4.90 Å². The summed E-state index contributed by atoms with van der Waals surface area (Å²) in [5, 5.41) is 0. The standard InChI is InChI=1S/C21H24N2O3/c1-21(2,16-8-5-4-6-9-16)20(25)22-12-13-23(19(24)15-22)17-10-7-11-18(14-17)26-3/h4-11,14H,12-13,15H2,1-3H3. The Kier molecular flexibility index (Phi) is 4.98. The Hall–Kier alpha value is -2.82. The second-order valence-electron chi connectivity index (χ2n) is 6.96. The molecule has 0 aromatic heterocycles. The molecular weight excluding hydrogens is 328 g/mol. The summed E-state index contributed by atoms with van der Waals surface area (Å²) in [5.74, 6) is 0.600. The quantitative estimate of drug-likeness (QED) is 0.850. The van der Waals surface area contributed by atoms with Crippen molar-refractivity contribution >= 4 is 17.5 Å². The molecule has 0 radical (unpaired) electrons. The van der Waals surface area contributed by atoms with Crippen molar-refractivity contribution < 1.29 is 14.3 Å². The first kappa shape index (κ1) is 18.0. The Morgan fingerprint density at radius 1 is 1.04 bits per heavy atom. The van der Waals surface area contributed by atoms with E-state index >= 15 is 0 Å². The minimum Gasteiger partial charge on any atom is -0.497 e. The molecule has 0 bridgehead atoms. The third-order valence-electron chi connectivity index (χ3n) is 4.90. The number of ether oxygens (including phenoxy) is 1. The fraction of sp³-hybridized carbons (Fsp3) is 0.333. The largest absolute Gasteiger partial charge is 0.497 e. The highest BCUT2D eigenvalue weighted by molar-refractivity contribution is 5.99. The molecule has 1 saturated heterocycles. The molecule has 5 heteroatoms. The third-order valence-corrected chi connectivity index (χ3v) is 4.90. The third kappa shape index (κ3) is 3.43. The van der Waals surface area contributed by atoms with Crippen LogP contribution in [-0.4, -0.2) is 43.5 Å². The van der Waals surface area contributed by atoms with Gasteiger partial charge in [0.2, 0.25) is 11.8 Å². The van der Waals surface area contributed by atoms with Gasteiger partial charge in [-0.25, -0.2) is 0 Å². The van der Waals surface area contributed by atoms with Crippen molar-refractivity contribution in [2.45, 2.75) is 19.3 Å². The van der Waals surface area contributed by atoms with Crippen molar-refractivity contribution in [3.8, 4) is 5.75 Å². The van der Waals surface area contributed by atoms with Gasteiger partial charge in [-0.3, -0.25) is 9.59 Å². The van der Waals surface area contributed by atoms with Crippen LogP contribution in [-0.2, 0) is 15.0 Å². The minimum atomic E-state index is -0.667. The van der Waals surface area contributed by atoms with E-state index in [4.69, 9.17) is 4.74 Å². The molecule has 0 aliphatic carbocycles. The highest BCUT2D eigenvalue weighted by atomic mass is 16.5. The predicted octanol–water partition coefficient (Wildman–Crippen LogP) is 2.85. The van der Waals surface area contributed by atoms with Crippen LogP contribution in [0.1, 0.15) is 19.4 Å². The van der Waals surface area contributed by atoms with Crippen LogP contribution in [0.4, 0.5) is 5.69 Å². The van der Waals surface area contributed by atoms with E-state index in [-0.39, 0.29) is 18.4 Å². The summed E-state index contributed by atoms with van der Waals surface area (Å²) < 4.78 is 5.23. The van der Waals surface area contributed by atoms with Crippen LogP contribution in [0.25, 0.3) is 0 Å². The zero-order valence-electron chi connectivity index (χ0n) is 15.4. The van der Waals surface area contributed by atoms with E-state index in [2.05, 4.69) is 0 Å². The molecule has 26 heavy (non-hydrogen) atoms. The second kappa shape index (κ2) is 7.20. The van der Waals surface area contributed by atoms with Crippen LogP contribution in [0.5, 0.6) is 5.75 Å². The van der Waals surface area contributed by atoms with Crippen LogP contribution in [0.2, 0.25) is 0 Å². The smallest absolute Gasteiger partial charge is 0.246 e. The summed E-state index contributed by atoms with van der Waals surface area (Å²) in [5.41, 5.74) is 1.08. The van der Waals surface area contributed by atoms with Gasteiger partial charge in [0.25, 0.3) is 0 Å². The average molecular weight is 352 g/mol. The average Bonchev–Trinajstić information content (AvgIpc) is 2.68. The van der Waals surface area contributed by atoms with Crippen molar-refractivity contribution in [2.24, 2.45) is 0 Å². The highest BCUT2D eigenvalue weighted by Gasteiger charge is 2.37. The van der Waals surface area contributed by atoms with Gasteiger partial charge >= 0.3 is 0 Å². The van der Waals surface area contributed by atoms with Crippen LogP contribution in [0.3, 0.4) is 0 Å². The Morgan fingerprint density at radius 3 is 2.42 bits per heavy atom. The van der Waals surface area contributed by atoms with E-state index in [9.17, 15) is 9.59 Å². The maximum atomic E-state index is 13.0. The molecule has 0 atom stereocenters. The van der Waals surface area contributed by atoms with E-state index in [1.807, 2.05) is 68.4 Å². The summed E-state index contributed by atoms with van der Waals surface area (Å²) in [7, 11) is 1.60. The molecule has 2 aromatic carbocycles. The fourth-order valence-corrected chi connectivity index (χ4v) is 3.27. The maximum absolute atomic E-state index is 13.0. The molecule has 0 unspecified atom stereocenters. The zero-order valence-corrected chi connectivity index (χ0v) is 15.4. The molecular formula is C21H24N2O3. The van der Waals surface area contributed by atoms with Crippen LogP contribution in [0, 0.1) is 0 Å². The first-order valence-electron chi connectivity index (χ1n) is 8.73. The van der Waals surface area contributed by atoms with Gasteiger partial charge in [-0.05, 0) is 31.5 Å². The van der Waals surface area contributed by atoms with Crippen LogP contribution < -0.4 is 9.64 Å². The molecule has 2 amide bonds. The van der Waals surface area contributed by atoms with Gasteiger partial charge in [0.15, 0.2) is 0 Å². The van der Waals surface area contributed by atoms with E-state index in [0.717, 1.165) is 11.3 Å². The molecule has 1 fully saturated rings. The first-order valence-corrected chi connectivity index (χ1v) is 8.73. The van der Waals surface area contributed by atoms with Gasteiger partial charge in [-0.1, -0.05) is 36.4 Å². The number of hydrogen-bond donors (Lipinski definition) is 0. The lowest BCUT2D eigenvalue weighted by molar-refractivity contribution is -0.140. The lowest BCUT2D eigenvalue weighted by Gasteiger charge is -2.38. The molecule has 1 aliphatic heterocycles. The zero-order chi connectivity index (χ0) is 18.7. The first-order chi connectivity index (χ1) is 12.4. The number of methoxy groups -OCH3 is 1. The van der Waals surface area contributed by atoms with Crippen molar-refractivity contribution in [1.29, 1.82) is 0 Å². The Morgan fingerprint density at radius 2 is 1.77 bits per heavy atom. The molecule has 3 rings (SSSR count). The summed E-state index contributed by atoms with van der Waals surface area (Å²) in [6.45, 7) is 4.89.